The number of ether oxygens (including phenoxy) is 1. The van der Waals surface area contributed by atoms with Gasteiger partial charge in [0.25, 0.3) is 0 Å². The van der Waals surface area contributed by atoms with Crippen molar-refractivity contribution in [3.05, 3.63) is 71.5 Å². The molecule has 0 fully saturated rings. The van der Waals surface area contributed by atoms with Crippen LogP contribution in [0.2, 0.25) is 0 Å². The summed E-state index contributed by atoms with van der Waals surface area (Å²) in [6.07, 6.45) is -0.968. The standard InChI is InChI=1S/C16H13FO3/c1-11(15(18)13-8-5-9-14(17)10-13)20-16(19)12-6-3-2-4-7-12/h2-11H,1H3. The molecule has 0 aromatic heterocycles. The topological polar surface area (TPSA) is 43.4 Å². The van der Waals surface area contributed by atoms with Crippen LogP contribution in [0.3, 0.4) is 0 Å². The van der Waals surface area contributed by atoms with Crippen LogP contribution in [-0.4, -0.2) is 17.9 Å². The summed E-state index contributed by atoms with van der Waals surface area (Å²) in [5.41, 5.74) is 0.546. The van der Waals surface area contributed by atoms with Crippen LogP contribution in [0.5, 0.6) is 0 Å². The van der Waals surface area contributed by atoms with Gasteiger partial charge < -0.3 is 4.74 Å². The van der Waals surface area contributed by atoms with Crippen molar-refractivity contribution in [2.45, 2.75) is 13.0 Å². The molecule has 0 N–H and O–H groups in total. The maximum atomic E-state index is 13.1. The van der Waals surface area contributed by atoms with E-state index in [1.807, 2.05) is 0 Å². The number of benzene rings is 2. The number of rotatable bonds is 4. The zero-order chi connectivity index (χ0) is 14.5. The van der Waals surface area contributed by atoms with Crippen molar-refractivity contribution in [3.8, 4) is 0 Å². The number of carbonyl (C=O) groups excluding carboxylic acids is 2. The molecule has 0 heterocycles. The Kier molecular flexibility index (Phi) is 4.25. The summed E-state index contributed by atoms with van der Waals surface area (Å²) in [7, 11) is 0. The third-order valence-corrected chi connectivity index (χ3v) is 2.77. The third-order valence-electron chi connectivity index (χ3n) is 2.77. The van der Waals surface area contributed by atoms with Gasteiger partial charge in [0.1, 0.15) is 5.82 Å². The molecule has 0 aliphatic carbocycles. The normalized spacial score (nSPS) is 11.7. The Morgan fingerprint density at radius 2 is 1.65 bits per heavy atom. The summed E-state index contributed by atoms with van der Waals surface area (Å²) >= 11 is 0. The smallest absolute Gasteiger partial charge is 0.338 e. The van der Waals surface area contributed by atoms with E-state index >= 15 is 0 Å². The van der Waals surface area contributed by atoms with E-state index < -0.39 is 23.7 Å². The summed E-state index contributed by atoms with van der Waals surface area (Å²) in [5, 5.41) is 0. The van der Waals surface area contributed by atoms with E-state index in [9.17, 15) is 14.0 Å². The van der Waals surface area contributed by atoms with E-state index in [1.54, 1.807) is 30.3 Å². The Balaban J connectivity index is 2.07. The van der Waals surface area contributed by atoms with Gasteiger partial charge in [-0.25, -0.2) is 9.18 Å². The lowest BCUT2D eigenvalue weighted by Gasteiger charge is -2.12. The number of esters is 1. The molecular formula is C16H13FO3. The van der Waals surface area contributed by atoms with Crippen molar-refractivity contribution in [1.82, 2.24) is 0 Å². The van der Waals surface area contributed by atoms with Crippen molar-refractivity contribution in [1.29, 1.82) is 0 Å². The molecule has 0 aliphatic rings. The molecular weight excluding hydrogens is 259 g/mol. The van der Waals surface area contributed by atoms with E-state index in [-0.39, 0.29) is 5.56 Å². The average molecular weight is 272 g/mol. The Morgan fingerprint density at radius 3 is 2.30 bits per heavy atom. The van der Waals surface area contributed by atoms with E-state index in [0.29, 0.717) is 5.56 Å². The quantitative estimate of drug-likeness (QED) is 0.634. The Bertz CT molecular complexity index is 623. The minimum Gasteiger partial charge on any atom is -0.451 e. The summed E-state index contributed by atoms with van der Waals surface area (Å²) in [6.45, 7) is 1.47. The largest absolute Gasteiger partial charge is 0.451 e. The fourth-order valence-electron chi connectivity index (χ4n) is 1.73. The van der Waals surface area contributed by atoms with Crippen molar-refractivity contribution in [2.75, 3.05) is 0 Å². The van der Waals surface area contributed by atoms with Gasteiger partial charge in [0.05, 0.1) is 5.56 Å². The molecule has 3 nitrogen and oxygen atoms in total. The monoisotopic (exact) mass is 272 g/mol. The molecule has 2 aromatic carbocycles. The van der Waals surface area contributed by atoms with Crippen LogP contribution in [-0.2, 0) is 4.74 Å². The van der Waals surface area contributed by atoms with Gasteiger partial charge in [0, 0.05) is 5.56 Å². The lowest BCUT2D eigenvalue weighted by atomic mass is 10.1. The van der Waals surface area contributed by atoms with Gasteiger partial charge >= 0.3 is 5.97 Å². The van der Waals surface area contributed by atoms with Crippen molar-refractivity contribution in [3.63, 3.8) is 0 Å². The minimum absolute atomic E-state index is 0.179. The molecule has 0 aliphatic heterocycles. The van der Waals surface area contributed by atoms with E-state index in [1.165, 1.54) is 25.1 Å². The second-order valence-electron chi connectivity index (χ2n) is 4.29. The number of Topliss-reactive ketones (excluding diaryl/α,β-unsaturated/α-hetero) is 1. The molecule has 0 saturated carbocycles. The third kappa shape index (κ3) is 3.29. The molecule has 1 atom stereocenters. The van der Waals surface area contributed by atoms with Gasteiger partial charge in [0.2, 0.25) is 5.78 Å². The van der Waals surface area contributed by atoms with Gasteiger partial charge in [-0.2, -0.15) is 0 Å². The molecule has 0 spiro atoms. The van der Waals surface area contributed by atoms with Crippen molar-refractivity contribution >= 4 is 11.8 Å². The van der Waals surface area contributed by atoms with E-state index in [0.717, 1.165) is 6.07 Å². The van der Waals surface area contributed by atoms with Gasteiger partial charge in [-0.1, -0.05) is 30.3 Å². The SMILES string of the molecule is CC(OC(=O)c1ccccc1)C(=O)c1cccc(F)c1. The molecule has 2 aromatic rings. The van der Waals surface area contributed by atoms with Gasteiger partial charge in [-0.15, -0.1) is 0 Å². The predicted octanol–water partition coefficient (Wildman–Crippen LogP) is 3.25. The first-order chi connectivity index (χ1) is 9.58. The molecule has 102 valence electrons. The molecule has 0 bridgehead atoms. The highest BCUT2D eigenvalue weighted by atomic mass is 19.1. The van der Waals surface area contributed by atoms with Crippen LogP contribution < -0.4 is 0 Å². The Hall–Kier alpha value is -2.49. The number of halogens is 1. The molecule has 4 heteroatoms. The van der Waals surface area contributed by atoms with Crippen LogP contribution in [0.15, 0.2) is 54.6 Å². The number of hydrogen-bond donors (Lipinski definition) is 0. The Morgan fingerprint density at radius 1 is 1.00 bits per heavy atom. The highest BCUT2D eigenvalue weighted by molar-refractivity contribution is 6.01. The van der Waals surface area contributed by atoms with Crippen molar-refractivity contribution in [2.24, 2.45) is 0 Å². The highest BCUT2D eigenvalue weighted by Crippen LogP contribution is 2.11. The Labute approximate surface area is 116 Å². The van der Waals surface area contributed by atoms with E-state index in [2.05, 4.69) is 0 Å². The fraction of sp³-hybridized carbons (Fsp3) is 0.125. The molecule has 0 radical (unpaired) electrons. The summed E-state index contributed by atoms with van der Waals surface area (Å²) in [5.74, 6) is -1.52. The van der Waals surface area contributed by atoms with Crippen LogP contribution in [0.25, 0.3) is 0 Å². The predicted molar refractivity (Wildman–Crippen MR) is 72.1 cm³/mol. The maximum Gasteiger partial charge on any atom is 0.338 e. The first-order valence-corrected chi connectivity index (χ1v) is 6.14. The van der Waals surface area contributed by atoms with Crippen LogP contribution in [0.1, 0.15) is 27.6 Å². The van der Waals surface area contributed by atoms with Gasteiger partial charge in [-0.05, 0) is 31.2 Å². The maximum absolute atomic E-state index is 13.1. The lowest BCUT2D eigenvalue weighted by molar-refractivity contribution is 0.0318. The van der Waals surface area contributed by atoms with E-state index in [4.69, 9.17) is 4.74 Å². The fourth-order valence-corrected chi connectivity index (χ4v) is 1.73. The highest BCUT2D eigenvalue weighted by Gasteiger charge is 2.20. The van der Waals surface area contributed by atoms with Crippen LogP contribution in [0.4, 0.5) is 4.39 Å². The second-order valence-corrected chi connectivity index (χ2v) is 4.29. The summed E-state index contributed by atoms with van der Waals surface area (Å²) < 4.78 is 18.1. The van der Waals surface area contributed by atoms with Gasteiger partial charge in [-0.3, -0.25) is 4.79 Å². The van der Waals surface area contributed by atoms with Crippen LogP contribution >= 0.6 is 0 Å². The number of ketones is 1. The molecule has 20 heavy (non-hydrogen) atoms. The van der Waals surface area contributed by atoms with Crippen LogP contribution in [0, 0.1) is 5.82 Å². The molecule has 0 amide bonds. The molecule has 0 saturated heterocycles. The first-order valence-electron chi connectivity index (χ1n) is 6.14. The first kappa shape index (κ1) is 13.9. The molecule has 2 rings (SSSR count). The number of carbonyl (C=O) groups is 2. The summed E-state index contributed by atoms with van der Waals surface area (Å²) in [6, 6.07) is 13.7. The second kappa shape index (κ2) is 6.10. The summed E-state index contributed by atoms with van der Waals surface area (Å²) in [4.78, 5) is 23.8. The van der Waals surface area contributed by atoms with Crippen molar-refractivity contribution < 1.29 is 18.7 Å². The van der Waals surface area contributed by atoms with Gasteiger partial charge in [0.15, 0.2) is 6.10 Å². The number of hydrogen-bond acceptors (Lipinski definition) is 3. The average Bonchev–Trinajstić information content (AvgIpc) is 2.47. The zero-order valence-electron chi connectivity index (χ0n) is 10.9. The molecule has 1 unspecified atom stereocenters. The minimum atomic E-state index is -0.968. The zero-order valence-corrected chi connectivity index (χ0v) is 10.9. The lowest BCUT2D eigenvalue weighted by Crippen LogP contribution is -2.24.